The van der Waals surface area contributed by atoms with Gasteiger partial charge in [0.1, 0.15) is 13.2 Å². The van der Waals surface area contributed by atoms with Gasteiger partial charge in [-0.1, -0.05) is 6.07 Å². The monoisotopic (exact) mass is 260 g/mol. The number of para-hydroxylation sites is 1. The Bertz CT molecular complexity index is 566. The molecule has 1 aliphatic heterocycles. The number of likely N-dealkylation sites (N-methyl/N-ethyl adjacent to an activating group) is 1. The molecule has 0 saturated carbocycles. The number of aromatic nitrogens is 1. The average Bonchev–Trinajstić information content (AvgIpc) is 2.93. The fraction of sp³-hybridized carbons (Fsp3) is 0.357. The van der Waals surface area contributed by atoms with Gasteiger partial charge in [0.15, 0.2) is 23.1 Å². The Balaban J connectivity index is 1.91. The minimum atomic E-state index is 0.560. The van der Waals surface area contributed by atoms with Crippen molar-refractivity contribution in [1.82, 2.24) is 10.3 Å². The van der Waals surface area contributed by atoms with Crippen molar-refractivity contribution in [1.29, 1.82) is 0 Å². The molecule has 1 aromatic heterocycles. The molecule has 5 nitrogen and oxygen atoms in total. The molecule has 5 heteroatoms. The third kappa shape index (κ3) is 2.42. The minimum Gasteiger partial charge on any atom is -0.486 e. The van der Waals surface area contributed by atoms with Crippen LogP contribution in [-0.4, -0.2) is 31.8 Å². The van der Waals surface area contributed by atoms with Gasteiger partial charge in [0.2, 0.25) is 0 Å². The number of nitrogens with one attached hydrogen (secondary N) is 1. The van der Waals surface area contributed by atoms with Crippen LogP contribution >= 0.6 is 0 Å². The molecule has 2 heterocycles. The van der Waals surface area contributed by atoms with E-state index >= 15 is 0 Å². The molecule has 0 aliphatic carbocycles. The number of oxazole rings is 1. The molecule has 0 radical (unpaired) electrons. The Labute approximate surface area is 111 Å². The van der Waals surface area contributed by atoms with Gasteiger partial charge >= 0.3 is 0 Å². The van der Waals surface area contributed by atoms with Crippen LogP contribution in [0.1, 0.15) is 5.89 Å². The van der Waals surface area contributed by atoms with Crippen LogP contribution in [0.4, 0.5) is 0 Å². The Morgan fingerprint density at radius 2 is 2.16 bits per heavy atom. The Kier molecular flexibility index (Phi) is 3.37. The van der Waals surface area contributed by atoms with Gasteiger partial charge in [-0.05, 0) is 19.2 Å². The lowest BCUT2D eigenvalue weighted by Crippen LogP contribution is -2.15. The number of ether oxygens (including phenoxy) is 2. The molecule has 0 fully saturated rings. The van der Waals surface area contributed by atoms with Crippen molar-refractivity contribution in [3.8, 4) is 22.8 Å². The number of hydrogen-bond acceptors (Lipinski definition) is 5. The van der Waals surface area contributed by atoms with Crippen LogP contribution in [0.3, 0.4) is 0 Å². The second kappa shape index (κ2) is 5.32. The lowest BCUT2D eigenvalue weighted by molar-refractivity contribution is 0.172. The van der Waals surface area contributed by atoms with Crippen molar-refractivity contribution in [2.75, 3.05) is 26.8 Å². The normalized spacial score (nSPS) is 13.5. The SMILES string of the molecule is CNCCc1ncc(-c2cccc3c2OCCO3)o1. The highest BCUT2D eigenvalue weighted by molar-refractivity contribution is 5.69. The van der Waals surface area contributed by atoms with Gasteiger partial charge in [-0.3, -0.25) is 0 Å². The topological polar surface area (TPSA) is 56.5 Å². The van der Waals surface area contributed by atoms with Crippen LogP contribution in [0.2, 0.25) is 0 Å². The van der Waals surface area contributed by atoms with Crippen molar-refractivity contribution < 1.29 is 13.9 Å². The van der Waals surface area contributed by atoms with Gasteiger partial charge in [0, 0.05) is 13.0 Å². The molecule has 0 amide bonds. The van der Waals surface area contributed by atoms with Gasteiger partial charge in [0.05, 0.1) is 11.8 Å². The maximum Gasteiger partial charge on any atom is 0.196 e. The maximum absolute atomic E-state index is 5.75. The number of hydrogen-bond donors (Lipinski definition) is 1. The van der Waals surface area contributed by atoms with Gasteiger partial charge in [-0.25, -0.2) is 4.98 Å². The number of benzene rings is 1. The molecular weight excluding hydrogens is 244 g/mol. The van der Waals surface area contributed by atoms with Crippen molar-refractivity contribution in [3.63, 3.8) is 0 Å². The molecule has 0 unspecified atom stereocenters. The lowest BCUT2D eigenvalue weighted by atomic mass is 10.1. The van der Waals surface area contributed by atoms with Crippen molar-refractivity contribution in [3.05, 3.63) is 30.3 Å². The third-order valence-electron chi connectivity index (χ3n) is 2.97. The Morgan fingerprint density at radius 3 is 3.05 bits per heavy atom. The quantitative estimate of drug-likeness (QED) is 0.909. The zero-order valence-electron chi connectivity index (χ0n) is 10.8. The molecular formula is C14H16N2O3. The van der Waals surface area contributed by atoms with E-state index in [1.54, 1.807) is 6.20 Å². The van der Waals surface area contributed by atoms with E-state index in [9.17, 15) is 0 Å². The summed E-state index contributed by atoms with van der Waals surface area (Å²) in [7, 11) is 1.91. The van der Waals surface area contributed by atoms with E-state index in [-0.39, 0.29) is 0 Å². The molecule has 0 saturated heterocycles. The van der Waals surface area contributed by atoms with E-state index in [0.717, 1.165) is 35.9 Å². The van der Waals surface area contributed by atoms with Crippen LogP contribution < -0.4 is 14.8 Å². The zero-order chi connectivity index (χ0) is 13.1. The van der Waals surface area contributed by atoms with Crippen molar-refractivity contribution >= 4 is 0 Å². The van der Waals surface area contributed by atoms with E-state index in [1.165, 1.54) is 0 Å². The minimum absolute atomic E-state index is 0.560. The summed E-state index contributed by atoms with van der Waals surface area (Å²) in [4.78, 5) is 4.28. The summed E-state index contributed by atoms with van der Waals surface area (Å²) in [6.45, 7) is 1.98. The predicted octanol–water partition coefficient (Wildman–Crippen LogP) is 1.87. The molecule has 100 valence electrons. The fourth-order valence-corrected chi connectivity index (χ4v) is 2.05. The molecule has 3 rings (SSSR count). The molecule has 19 heavy (non-hydrogen) atoms. The van der Waals surface area contributed by atoms with E-state index in [4.69, 9.17) is 13.9 Å². The first-order chi connectivity index (χ1) is 9.38. The Morgan fingerprint density at radius 1 is 1.26 bits per heavy atom. The van der Waals surface area contributed by atoms with E-state index in [2.05, 4.69) is 10.3 Å². The molecule has 2 aromatic rings. The third-order valence-corrected chi connectivity index (χ3v) is 2.97. The summed E-state index contributed by atoms with van der Waals surface area (Å²) < 4.78 is 17.0. The van der Waals surface area contributed by atoms with Crippen LogP contribution in [0.25, 0.3) is 11.3 Å². The van der Waals surface area contributed by atoms with Crippen molar-refractivity contribution in [2.45, 2.75) is 6.42 Å². The highest BCUT2D eigenvalue weighted by Crippen LogP contribution is 2.39. The highest BCUT2D eigenvalue weighted by atomic mass is 16.6. The number of rotatable bonds is 4. The van der Waals surface area contributed by atoms with Crippen LogP contribution in [0.5, 0.6) is 11.5 Å². The van der Waals surface area contributed by atoms with Crippen LogP contribution in [-0.2, 0) is 6.42 Å². The summed E-state index contributed by atoms with van der Waals surface area (Å²) in [5.74, 6) is 2.94. The summed E-state index contributed by atoms with van der Waals surface area (Å²) >= 11 is 0. The predicted molar refractivity (Wildman–Crippen MR) is 70.6 cm³/mol. The number of nitrogens with zero attached hydrogens (tertiary/aromatic N) is 1. The van der Waals surface area contributed by atoms with Gasteiger partial charge in [-0.2, -0.15) is 0 Å². The second-order valence-corrected chi connectivity index (χ2v) is 4.30. The smallest absolute Gasteiger partial charge is 0.196 e. The first kappa shape index (κ1) is 12.0. The summed E-state index contributed by atoms with van der Waals surface area (Å²) in [6, 6.07) is 5.78. The standard InChI is InChI=1S/C14H16N2O3/c1-15-6-5-13-16-9-12(19-13)10-3-2-4-11-14(10)18-8-7-17-11/h2-4,9,15H,5-8H2,1H3. The van der Waals surface area contributed by atoms with Crippen LogP contribution in [0, 0.1) is 0 Å². The maximum atomic E-state index is 5.75. The average molecular weight is 260 g/mol. The highest BCUT2D eigenvalue weighted by Gasteiger charge is 2.19. The van der Waals surface area contributed by atoms with E-state index in [1.807, 2.05) is 25.2 Å². The Hall–Kier alpha value is -2.01. The number of fused-ring (bicyclic) bond motifs is 1. The largest absolute Gasteiger partial charge is 0.486 e. The molecule has 1 aliphatic rings. The first-order valence-electron chi connectivity index (χ1n) is 6.37. The molecule has 0 bridgehead atoms. The van der Waals surface area contributed by atoms with Gasteiger partial charge < -0.3 is 19.2 Å². The lowest BCUT2D eigenvalue weighted by Gasteiger charge is -2.19. The molecule has 1 aromatic carbocycles. The van der Waals surface area contributed by atoms with Crippen LogP contribution in [0.15, 0.2) is 28.8 Å². The zero-order valence-corrected chi connectivity index (χ0v) is 10.8. The first-order valence-corrected chi connectivity index (χ1v) is 6.37. The van der Waals surface area contributed by atoms with Gasteiger partial charge in [-0.15, -0.1) is 0 Å². The van der Waals surface area contributed by atoms with Gasteiger partial charge in [0.25, 0.3) is 0 Å². The summed E-state index contributed by atoms with van der Waals surface area (Å²) in [6.07, 6.45) is 2.50. The van der Waals surface area contributed by atoms with Crippen molar-refractivity contribution in [2.24, 2.45) is 0 Å². The van der Waals surface area contributed by atoms with E-state index < -0.39 is 0 Å². The molecule has 1 N–H and O–H groups in total. The molecule has 0 spiro atoms. The van der Waals surface area contributed by atoms with E-state index in [0.29, 0.717) is 19.0 Å². The molecule has 0 atom stereocenters. The second-order valence-electron chi connectivity index (χ2n) is 4.30. The summed E-state index contributed by atoms with van der Waals surface area (Å²) in [5.41, 5.74) is 0.889. The fourth-order valence-electron chi connectivity index (χ4n) is 2.05. The summed E-state index contributed by atoms with van der Waals surface area (Å²) in [5, 5.41) is 3.07.